The number of benzene rings is 1. The average Bonchev–Trinajstić information content (AvgIpc) is 3.16. The van der Waals surface area contributed by atoms with Crippen LogP contribution in [0, 0.1) is 5.82 Å². The molecule has 1 aliphatic carbocycles. The largest absolute Gasteiger partial charge is 0.461 e. The molecule has 2 heterocycles. The molecule has 1 amide bonds. The fraction of sp³-hybridized carbons (Fsp3) is 0.538. The second kappa shape index (κ2) is 9.43. The van der Waals surface area contributed by atoms with Crippen molar-refractivity contribution >= 4 is 30.5 Å². The molecule has 4 rings (SSSR count). The van der Waals surface area contributed by atoms with Gasteiger partial charge < -0.3 is 24.0 Å². The summed E-state index contributed by atoms with van der Waals surface area (Å²) in [6.07, 6.45) is 4.16. The van der Waals surface area contributed by atoms with E-state index in [2.05, 4.69) is 4.57 Å². The molecule has 0 bridgehead atoms. The SMILES string of the molecule is CC(=O)OCc1c([B]OC(C)(C)C(C)(C)O)cc(F)cc1N1CCn2c(cc3c2CCCC3)C1=O. The molecule has 1 aromatic heterocycles. The van der Waals surface area contributed by atoms with E-state index in [1.165, 1.54) is 37.8 Å². The minimum absolute atomic E-state index is 0.148. The lowest BCUT2D eigenvalue weighted by Crippen LogP contribution is -2.49. The van der Waals surface area contributed by atoms with Gasteiger partial charge in [0.1, 0.15) is 18.1 Å². The van der Waals surface area contributed by atoms with Gasteiger partial charge in [0.2, 0.25) is 0 Å². The first-order valence-electron chi connectivity index (χ1n) is 12.1. The zero-order valence-corrected chi connectivity index (χ0v) is 21.1. The lowest BCUT2D eigenvalue weighted by Gasteiger charge is -2.38. The van der Waals surface area contributed by atoms with Gasteiger partial charge in [0.15, 0.2) is 0 Å². The standard InChI is InChI=1S/C26H33BFN2O5/c1-16(31)34-15-19-20(27-35-26(4,5)25(2,3)33)13-18(28)14-22(19)30-11-10-29-21-9-7-6-8-17(21)12-23(29)24(30)32/h12-14,33H,6-11,15H2,1-5H3. The molecular weight excluding hydrogens is 450 g/mol. The zero-order chi connectivity index (χ0) is 25.5. The molecule has 187 valence electrons. The third-order valence-electron chi connectivity index (χ3n) is 7.31. The van der Waals surface area contributed by atoms with Crippen molar-refractivity contribution in [3.05, 3.63) is 46.5 Å². The monoisotopic (exact) mass is 483 g/mol. The highest BCUT2D eigenvalue weighted by Gasteiger charge is 2.37. The van der Waals surface area contributed by atoms with Gasteiger partial charge in [-0.15, -0.1) is 0 Å². The van der Waals surface area contributed by atoms with Crippen LogP contribution in [0.2, 0.25) is 0 Å². The number of aliphatic hydroxyl groups is 1. The molecule has 1 N–H and O–H groups in total. The number of nitrogens with zero attached hydrogens (tertiary/aromatic N) is 2. The minimum atomic E-state index is -1.18. The molecule has 1 radical (unpaired) electrons. The number of halogens is 1. The van der Waals surface area contributed by atoms with Gasteiger partial charge in [0, 0.05) is 31.3 Å². The number of esters is 1. The first-order valence-corrected chi connectivity index (χ1v) is 12.1. The van der Waals surface area contributed by atoms with Crippen molar-refractivity contribution in [1.82, 2.24) is 4.57 Å². The van der Waals surface area contributed by atoms with E-state index in [1.807, 2.05) is 6.07 Å². The summed E-state index contributed by atoms with van der Waals surface area (Å²) in [4.78, 5) is 26.8. The number of hydrogen-bond acceptors (Lipinski definition) is 5. The summed E-state index contributed by atoms with van der Waals surface area (Å²) in [6.45, 7) is 8.82. The summed E-state index contributed by atoms with van der Waals surface area (Å²) >= 11 is 0. The lowest BCUT2D eigenvalue weighted by molar-refractivity contribution is -0.142. The van der Waals surface area contributed by atoms with Gasteiger partial charge in [-0.05, 0) is 82.6 Å². The molecule has 7 nitrogen and oxygen atoms in total. The first-order chi connectivity index (χ1) is 16.4. The smallest absolute Gasteiger partial charge is 0.331 e. The molecule has 1 aliphatic heterocycles. The van der Waals surface area contributed by atoms with Crippen molar-refractivity contribution in [3.8, 4) is 0 Å². The molecule has 0 atom stereocenters. The molecule has 0 saturated heterocycles. The van der Waals surface area contributed by atoms with Crippen molar-refractivity contribution in [2.45, 2.75) is 84.7 Å². The van der Waals surface area contributed by atoms with Crippen LogP contribution >= 0.6 is 0 Å². The van der Waals surface area contributed by atoms with Crippen LogP contribution in [0.25, 0.3) is 0 Å². The molecule has 1 aromatic carbocycles. The van der Waals surface area contributed by atoms with Crippen molar-refractivity contribution in [2.75, 3.05) is 11.4 Å². The summed E-state index contributed by atoms with van der Waals surface area (Å²) in [5.74, 6) is -1.24. The van der Waals surface area contributed by atoms with Gasteiger partial charge in [-0.25, -0.2) is 4.39 Å². The topological polar surface area (TPSA) is 81.0 Å². The number of carbonyl (C=O) groups excluding carboxylic acids is 2. The Kier molecular flexibility index (Phi) is 6.86. The molecule has 35 heavy (non-hydrogen) atoms. The number of amides is 1. The van der Waals surface area contributed by atoms with Crippen LogP contribution in [0.4, 0.5) is 10.1 Å². The highest BCUT2D eigenvalue weighted by atomic mass is 19.1. The highest BCUT2D eigenvalue weighted by Crippen LogP contribution is 2.32. The lowest BCUT2D eigenvalue weighted by atomic mass is 9.79. The van der Waals surface area contributed by atoms with E-state index >= 15 is 0 Å². The number of rotatable bonds is 7. The van der Waals surface area contributed by atoms with Crippen LogP contribution in [0.1, 0.15) is 74.8 Å². The quantitative estimate of drug-likeness (QED) is 0.484. The van der Waals surface area contributed by atoms with Gasteiger partial charge in [-0.3, -0.25) is 9.59 Å². The Labute approximate surface area is 206 Å². The van der Waals surface area contributed by atoms with E-state index in [0.29, 0.717) is 35.5 Å². The number of aryl methyl sites for hydroxylation is 1. The van der Waals surface area contributed by atoms with Crippen LogP contribution in [-0.4, -0.2) is 46.8 Å². The third-order valence-corrected chi connectivity index (χ3v) is 7.31. The number of ether oxygens (including phenoxy) is 1. The summed E-state index contributed by atoms with van der Waals surface area (Å²) in [7, 11) is 1.36. The van der Waals surface area contributed by atoms with Crippen LogP contribution in [0.3, 0.4) is 0 Å². The fourth-order valence-corrected chi connectivity index (χ4v) is 4.54. The van der Waals surface area contributed by atoms with Gasteiger partial charge >= 0.3 is 13.5 Å². The molecule has 0 spiro atoms. The first kappa shape index (κ1) is 25.4. The summed E-state index contributed by atoms with van der Waals surface area (Å²) in [5, 5.41) is 10.4. The molecule has 0 fully saturated rings. The van der Waals surface area contributed by atoms with Crippen molar-refractivity contribution in [3.63, 3.8) is 0 Å². The maximum Gasteiger partial charge on any atom is 0.331 e. The van der Waals surface area contributed by atoms with Crippen LogP contribution in [0.5, 0.6) is 0 Å². The second-order valence-corrected chi connectivity index (χ2v) is 10.4. The number of aromatic nitrogens is 1. The Morgan fingerprint density at radius 1 is 1.14 bits per heavy atom. The maximum absolute atomic E-state index is 14.8. The van der Waals surface area contributed by atoms with Gasteiger partial charge in [0.25, 0.3) is 5.91 Å². The van der Waals surface area contributed by atoms with Gasteiger partial charge in [-0.2, -0.15) is 0 Å². The van der Waals surface area contributed by atoms with Crippen molar-refractivity contribution in [2.24, 2.45) is 0 Å². The van der Waals surface area contributed by atoms with Crippen molar-refractivity contribution < 1.29 is 28.5 Å². The molecule has 0 saturated carbocycles. The minimum Gasteiger partial charge on any atom is -0.461 e. The summed E-state index contributed by atoms with van der Waals surface area (Å²) < 4.78 is 28.1. The van der Waals surface area contributed by atoms with E-state index in [9.17, 15) is 19.1 Å². The Morgan fingerprint density at radius 3 is 2.54 bits per heavy atom. The molecule has 2 aliphatic rings. The van der Waals surface area contributed by atoms with E-state index in [4.69, 9.17) is 9.39 Å². The molecular formula is C26H33BFN2O5. The van der Waals surface area contributed by atoms with E-state index in [1.54, 1.807) is 32.6 Å². The predicted molar refractivity (Wildman–Crippen MR) is 131 cm³/mol. The normalized spacial score (nSPS) is 16.1. The predicted octanol–water partition coefficient (Wildman–Crippen LogP) is 3.04. The Hall–Kier alpha value is -2.65. The van der Waals surface area contributed by atoms with E-state index < -0.39 is 23.0 Å². The number of carbonyl (C=O) groups is 2. The summed E-state index contributed by atoms with van der Waals surface area (Å²) in [6, 6.07) is 4.54. The highest BCUT2D eigenvalue weighted by molar-refractivity contribution is 6.48. The van der Waals surface area contributed by atoms with Gasteiger partial charge in [-0.1, -0.05) is 0 Å². The number of fused-ring (bicyclic) bond motifs is 3. The molecule has 2 aromatic rings. The Morgan fingerprint density at radius 2 is 1.86 bits per heavy atom. The van der Waals surface area contributed by atoms with Gasteiger partial charge in [0.05, 0.1) is 16.9 Å². The number of hydrogen-bond donors (Lipinski definition) is 1. The Bertz CT molecular complexity index is 1150. The number of anilines is 1. The fourth-order valence-electron chi connectivity index (χ4n) is 4.54. The summed E-state index contributed by atoms with van der Waals surface area (Å²) in [5.41, 5.74) is 2.04. The Balaban J connectivity index is 1.71. The van der Waals surface area contributed by atoms with E-state index in [-0.39, 0.29) is 12.5 Å². The maximum atomic E-state index is 14.8. The second-order valence-electron chi connectivity index (χ2n) is 10.4. The van der Waals surface area contributed by atoms with E-state index in [0.717, 1.165) is 25.7 Å². The molecule has 0 unspecified atom stereocenters. The average molecular weight is 483 g/mol. The van der Waals surface area contributed by atoms with Crippen LogP contribution in [-0.2, 0) is 40.2 Å². The van der Waals surface area contributed by atoms with Crippen molar-refractivity contribution in [1.29, 1.82) is 0 Å². The molecule has 9 heteroatoms. The van der Waals surface area contributed by atoms with Crippen LogP contribution in [0.15, 0.2) is 18.2 Å². The zero-order valence-electron chi connectivity index (χ0n) is 21.1. The van der Waals surface area contributed by atoms with Crippen LogP contribution < -0.4 is 10.4 Å². The third kappa shape index (κ3) is 5.02.